The first-order valence-electron chi connectivity index (χ1n) is 9.68. The fraction of sp³-hybridized carbons (Fsp3) is 0.130. The van der Waals surface area contributed by atoms with Gasteiger partial charge in [0.15, 0.2) is 0 Å². The highest BCUT2D eigenvalue weighted by Crippen LogP contribution is 2.11. The number of carbonyl (C=O) groups is 1. The standard InChI is InChI=1S/C23H23N3O4S/c27-22(13-15-24-31(29,30)17-14-19-6-2-1-3-7-19)25-21-11-9-20(10-12-21)18-26-16-5-4-8-23(26)28/h1-12,14,16-17,24H,13,15,18H2,(H,25,27). The highest BCUT2D eigenvalue weighted by Gasteiger charge is 2.08. The highest BCUT2D eigenvalue weighted by molar-refractivity contribution is 7.92. The molecule has 8 heteroatoms. The molecule has 1 aromatic heterocycles. The molecule has 31 heavy (non-hydrogen) atoms. The van der Waals surface area contributed by atoms with Gasteiger partial charge in [-0.2, -0.15) is 0 Å². The average molecular weight is 438 g/mol. The van der Waals surface area contributed by atoms with Crippen LogP contribution in [0.2, 0.25) is 0 Å². The third kappa shape index (κ3) is 7.36. The Hall–Kier alpha value is -3.49. The molecule has 0 spiro atoms. The fourth-order valence-corrected chi connectivity index (χ4v) is 3.61. The van der Waals surface area contributed by atoms with E-state index in [1.165, 1.54) is 12.1 Å². The third-order valence-electron chi connectivity index (χ3n) is 4.38. The van der Waals surface area contributed by atoms with Crippen molar-refractivity contribution in [3.05, 3.63) is 106 Å². The molecule has 0 atom stereocenters. The molecular formula is C23H23N3O4S. The van der Waals surface area contributed by atoms with E-state index in [1.807, 2.05) is 30.3 Å². The summed E-state index contributed by atoms with van der Waals surface area (Å²) < 4.78 is 28.0. The number of nitrogens with one attached hydrogen (secondary N) is 2. The van der Waals surface area contributed by atoms with Crippen LogP contribution in [0.15, 0.2) is 89.2 Å². The number of anilines is 1. The average Bonchev–Trinajstić information content (AvgIpc) is 2.76. The summed E-state index contributed by atoms with van der Waals surface area (Å²) in [5, 5.41) is 3.81. The molecule has 0 saturated carbocycles. The molecule has 7 nitrogen and oxygen atoms in total. The lowest BCUT2D eigenvalue weighted by Crippen LogP contribution is -2.26. The van der Waals surface area contributed by atoms with E-state index >= 15 is 0 Å². The van der Waals surface area contributed by atoms with Crippen LogP contribution in [0.1, 0.15) is 17.5 Å². The van der Waals surface area contributed by atoms with E-state index in [-0.39, 0.29) is 24.4 Å². The summed E-state index contributed by atoms with van der Waals surface area (Å²) in [6, 6.07) is 21.2. The number of aromatic nitrogens is 1. The Kier molecular flexibility index (Phi) is 7.53. The summed E-state index contributed by atoms with van der Waals surface area (Å²) in [6.07, 6.45) is 3.21. The first kappa shape index (κ1) is 22.2. The summed E-state index contributed by atoms with van der Waals surface area (Å²) >= 11 is 0. The molecule has 0 aliphatic carbocycles. The Bertz CT molecular complexity index is 1200. The van der Waals surface area contributed by atoms with Crippen molar-refractivity contribution in [2.24, 2.45) is 0 Å². The lowest BCUT2D eigenvalue weighted by molar-refractivity contribution is -0.116. The van der Waals surface area contributed by atoms with Gasteiger partial charge < -0.3 is 9.88 Å². The van der Waals surface area contributed by atoms with Crippen molar-refractivity contribution in [1.82, 2.24) is 9.29 Å². The number of pyridine rings is 1. The van der Waals surface area contributed by atoms with Crippen LogP contribution in [0.4, 0.5) is 5.69 Å². The molecule has 0 aliphatic rings. The van der Waals surface area contributed by atoms with E-state index in [4.69, 9.17) is 0 Å². The minimum Gasteiger partial charge on any atom is -0.326 e. The van der Waals surface area contributed by atoms with Crippen molar-refractivity contribution in [3.63, 3.8) is 0 Å². The zero-order valence-electron chi connectivity index (χ0n) is 16.8. The van der Waals surface area contributed by atoms with Gasteiger partial charge in [-0.1, -0.05) is 48.5 Å². The molecule has 3 rings (SSSR count). The Balaban J connectivity index is 1.45. The van der Waals surface area contributed by atoms with Gasteiger partial charge >= 0.3 is 0 Å². The number of sulfonamides is 1. The number of hydrogen-bond donors (Lipinski definition) is 2. The van der Waals surface area contributed by atoms with Crippen molar-refractivity contribution in [2.75, 3.05) is 11.9 Å². The van der Waals surface area contributed by atoms with Crippen molar-refractivity contribution in [1.29, 1.82) is 0 Å². The van der Waals surface area contributed by atoms with Gasteiger partial charge in [0.2, 0.25) is 15.9 Å². The molecule has 0 bridgehead atoms. The molecule has 1 amide bonds. The molecule has 1 heterocycles. The molecule has 2 aromatic carbocycles. The molecular weight excluding hydrogens is 414 g/mol. The summed E-state index contributed by atoms with van der Waals surface area (Å²) in [7, 11) is -3.63. The minimum absolute atomic E-state index is 0.000429. The number of benzene rings is 2. The second-order valence-corrected chi connectivity index (χ2v) is 8.47. The number of nitrogens with zero attached hydrogens (tertiary/aromatic N) is 1. The van der Waals surface area contributed by atoms with Crippen LogP contribution in [0, 0.1) is 0 Å². The fourth-order valence-electron chi connectivity index (χ4n) is 2.79. The van der Waals surface area contributed by atoms with Crippen molar-refractivity contribution in [3.8, 4) is 0 Å². The van der Waals surface area contributed by atoms with Crippen LogP contribution in [0.25, 0.3) is 6.08 Å². The van der Waals surface area contributed by atoms with Crippen LogP contribution in [-0.2, 0) is 21.4 Å². The van der Waals surface area contributed by atoms with Gasteiger partial charge in [0.25, 0.3) is 5.56 Å². The molecule has 0 saturated heterocycles. The van der Waals surface area contributed by atoms with E-state index in [0.29, 0.717) is 12.2 Å². The maximum absolute atomic E-state index is 12.1. The minimum atomic E-state index is -3.63. The summed E-state index contributed by atoms with van der Waals surface area (Å²) in [5.41, 5.74) is 2.21. The lowest BCUT2D eigenvalue weighted by atomic mass is 10.2. The van der Waals surface area contributed by atoms with Crippen molar-refractivity contribution < 1.29 is 13.2 Å². The topological polar surface area (TPSA) is 97.3 Å². The molecule has 0 aliphatic heterocycles. The van der Waals surface area contributed by atoms with E-state index in [9.17, 15) is 18.0 Å². The first-order valence-corrected chi connectivity index (χ1v) is 11.2. The molecule has 0 fully saturated rings. The van der Waals surface area contributed by atoms with Gasteiger partial charge in [0, 0.05) is 36.3 Å². The molecule has 0 unspecified atom stereocenters. The quantitative estimate of drug-likeness (QED) is 0.538. The highest BCUT2D eigenvalue weighted by atomic mass is 32.2. The number of hydrogen-bond acceptors (Lipinski definition) is 4. The van der Waals surface area contributed by atoms with Crippen LogP contribution < -0.4 is 15.6 Å². The molecule has 2 N–H and O–H groups in total. The zero-order valence-corrected chi connectivity index (χ0v) is 17.6. The van der Waals surface area contributed by atoms with Crippen LogP contribution in [-0.4, -0.2) is 25.4 Å². The van der Waals surface area contributed by atoms with E-state index in [2.05, 4.69) is 10.0 Å². The largest absolute Gasteiger partial charge is 0.326 e. The second-order valence-electron chi connectivity index (χ2n) is 6.81. The van der Waals surface area contributed by atoms with Crippen LogP contribution >= 0.6 is 0 Å². The normalized spacial score (nSPS) is 11.5. The van der Waals surface area contributed by atoms with E-state index in [0.717, 1.165) is 16.5 Å². The predicted octanol–water partition coefficient (Wildman–Crippen LogP) is 2.82. The smallest absolute Gasteiger partial charge is 0.250 e. The van der Waals surface area contributed by atoms with Crippen LogP contribution in [0.3, 0.4) is 0 Å². The Morgan fingerprint density at radius 2 is 1.65 bits per heavy atom. The van der Waals surface area contributed by atoms with Crippen LogP contribution in [0.5, 0.6) is 0 Å². The zero-order chi connectivity index (χ0) is 22.1. The van der Waals surface area contributed by atoms with Gasteiger partial charge in [-0.15, -0.1) is 0 Å². The Morgan fingerprint density at radius 1 is 0.935 bits per heavy atom. The Labute approximate surface area is 181 Å². The monoisotopic (exact) mass is 437 g/mol. The number of amides is 1. The summed E-state index contributed by atoms with van der Waals surface area (Å²) in [4.78, 5) is 23.9. The maximum Gasteiger partial charge on any atom is 0.250 e. The Morgan fingerprint density at radius 3 is 2.35 bits per heavy atom. The summed E-state index contributed by atoms with van der Waals surface area (Å²) in [5.74, 6) is -0.304. The lowest BCUT2D eigenvalue weighted by Gasteiger charge is -2.08. The SMILES string of the molecule is O=C(CCNS(=O)(=O)C=Cc1ccccc1)Nc1ccc(Cn2ccccc2=O)cc1. The predicted molar refractivity (Wildman–Crippen MR) is 122 cm³/mol. The van der Waals surface area contributed by atoms with Gasteiger partial charge in [0.1, 0.15) is 0 Å². The third-order valence-corrected chi connectivity index (χ3v) is 5.49. The maximum atomic E-state index is 12.1. The van der Waals surface area contributed by atoms with Crippen molar-refractivity contribution in [2.45, 2.75) is 13.0 Å². The second kappa shape index (κ2) is 10.5. The van der Waals surface area contributed by atoms with E-state index in [1.54, 1.807) is 47.2 Å². The van der Waals surface area contributed by atoms with E-state index < -0.39 is 10.0 Å². The molecule has 160 valence electrons. The van der Waals surface area contributed by atoms with Gasteiger partial charge in [-0.05, 0) is 35.4 Å². The van der Waals surface area contributed by atoms with Crippen molar-refractivity contribution >= 4 is 27.7 Å². The summed E-state index contributed by atoms with van der Waals surface area (Å²) in [6.45, 7) is 0.425. The molecule has 3 aromatic rings. The molecule has 0 radical (unpaired) electrons. The number of carbonyl (C=O) groups excluding carboxylic acids is 1. The first-order chi connectivity index (χ1) is 14.9. The van der Waals surface area contributed by atoms with Gasteiger partial charge in [0.05, 0.1) is 6.54 Å². The van der Waals surface area contributed by atoms with Gasteiger partial charge in [-0.3, -0.25) is 9.59 Å². The number of rotatable bonds is 9. The van der Waals surface area contributed by atoms with Gasteiger partial charge in [-0.25, -0.2) is 13.1 Å².